The zero-order chi connectivity index (χ0) is 19.3. The van der Waals surface area contributed by atoms with Crippen molar-refractivity contribution in [3.05, 3.63) is 47.9 Å². The Bertz CT molecular complexity index is 798. The van der Waals surface area contributed by atoms with Crippen LogP contribution >= 0.6 is 0 Å². The van der Waals surface area contributed by atoms with Gasteiger partial charge in [-0.05, 0) is 38.0 Å². The lowest BCUT2D eigenvalue weighted by molar-refractivity contribution is 0.194. The van der Waals surface area contributed by atoms with Crippen molar-refractivity contribution in [3.8, 4) is 0 Å². The lowest BCUT2D eigenvalue weighted by Gasteiger charge is -2.35. The summed E-state index contributed by atoms with van der Waals surface area (Å²) in [7, 11) is 0. The maximum Gasteiger partial charge on any atom is 0.317 e. The second kappa shape index (κ2) is 8.46. The van der Waals surface area contributed by atoms with Gasteiger partial charge in [0, 0.05) is 63.3 Å². The highest BCUT2D eigenvalue weighted by atomic mass is 16.2. The van der Waals surface area contributed by atoms with Gasteiger partial charge in [-0.15, -0.1) is 0 Å². The third kappa shape index (κ3) is 4.18. The van der Waals surface area contributed by atoms with Crippen LogP contribution in [0.4, 0.5) is 16.3 Å². The van der Waals surface area contributed by atoms with Gasteiger partial charge in [0.1, 0.15) is 5.82 Å². The lowest BCUT2D eigenvalue weighted by atomic mass is 10.2. The Hall–Kier alpha value is -2.83. The van der Waals surface area contributed by atoms with Crippen molar-refractivity contribution in [1.29, 1.82) is 0 Å². The van der Waals surface area contributed by atoms with Crippen molar-refractivity contribution in [2.45, 2.75) is 26.3 Å². The molecule has 2 saturated heterocycles. The standard InChI is InChI=1S/C21H28N6O/c1-17-6-7-18(20(24-17)26-9-2-3-10-26)15-23-21(28)27-13-11-25(12-14-27)19-5-4-8-22-16-19/h4-8,16H,2-3,9-15H2,1H3,(H,23,28). The molecule has 148 valence electrons. The molecule has 0 spiro atoms. The van der Waals surface area contributed by atoms with E-state index in [-0.39, 0.29) is 6.03 Å². The number of hydrogen-bond donors (Lipinski definition) is 1. The van der Waals surface area contributed by atoms with Crippen LogP contribution in [0.25, 0.3) is 0 Å². The molecule has 7 heteroatoms. The van der Waals surface area contributed by atoms with E-state index < -0.39 is 0 Å². The first-order valence-electron chi connectivity index (χ1n) is 10.1. The molecule has 7 nitrogen and oxygen atoms in total. The highest BCUT2D eigenvalue weighted by Gasteiger charge is 2.22. The number of hydrogen-bond acceptors (Lipinski definition) is 5. The average molecular weight is 380 g/mol. The molecule has 0 aromatic carbocycles. The number of amides is 2. The Morgan fingerprint density at radius 2 is 1.82 bits per heavy atom. The molecule has 2 fully saturated rings. The number of aryl methyl sites for hydroxylation is 1. The van der Waals surface area contributed by atoms with Crippen LogP contribution in [0.1, 0.15) is 24.1 Å². The summed E-state index contributed by atoms with van der Waals surface area (Å²) in [4.78, 5) is 28.1. The van der Waals surface area contributed by atoms with E-state index in [1.165, 1.54) is 12.8 Å². The number of carbonyl (C=O) groups is 1. The van der Waals surface area contributed by atoms with Gasteiger partial charge in [-0.2, -0.15) is 0 Å². The largest absolute Gasteiger partial charge is 0.367 e. The van der Waals surface area contributed by atoms with Crippen LogP contribution < -0.4 is 15.1 Å². The van der Waals surface area contributed by atoms with Gasteiger partial charge in [-0.25, -0.2) is 9.78 Å². The quantitative estimate of drug-likeness (QED) is 0.883. The maximum absolute atomic E-state index is 12.7. The van der Waals surface area contributed by atoms with Crippen LogP contribution in [0, 0.1) is 6.92 Å². The first-order valence-corrected chi connectivity index (χ1v) is 10.1. The van der Waals surface area contributed by atoms with E-state index in [2.05, 4.69) is 32.2 Å². The first-order chi connectivity index (χ1) is 13.7. The third-order valence-corrected chi connectivity index (χ3v) is 5.51. The van der Waals surface area contributed by atoms with E-state index in [9.17, 15) is 4.79 Å². The van der Waals surface area contributed by atoms with Crippen molar-refractivity contribution >= 4 is 17.5 Å². The van der Waals surface area contributed by atoms with Crippen molar-refractivity contribution in [1.82, 2.24) is 20.2 Å². The van der Waals surface area contributed by atoms with E-state index in [0.717, 1.165) is 48.9 Å². The summed E-state index contributed by atoms with van der Waals surface area (Å²) in [6, 6.07) is 8.12. The van der Waals surface area contributed by atoms with Gasteiger partial charge in [0.2, 0.25) is 0 Å². The molecule has 28 heavy (non-hydrogen) atoms. The van der Waals surface area contributed by atoms with E-state index in [1.807, 2.05) is 30.2 Å². The smallest absolute Gasteiger partial charge is 0.317 e. The van der Waals surface area contributed by atoms with Gasteiger partial charge in [-0.3, -0.25) is 4.98 Å². The Labute approximate surface area is 166 Å². The van der Waals surface area contributed by atoms with Gasteiger partial charge in [-0.1, -0.05) is 6.07 Å². The molecule has 0 saturated carbocycles. The number of aromatic nitrogens is 2. The number of nitrogens with zero attached hydrogens (tertiary/aromatic N) is 5. The van der Waals surface area contributed by atoms with Gasteiger partial charge < -0.3 is 20.0 Å². The number of carbonyl (C=O) groups excluding carboxylic acids is 1. The molecule has 4 rings (SSSR count). The summed E-state index contributed by atoms with van der Waals surface area (Å²) in [5, 5.41) is 3.10. The van der Waals surface area contributed by atoms with Crippen LogP contribution in [0.3, 0.4) is 0 Å². The number of rotatable bonds is 4. The summed E-state index contributed by atoms with van der Waals surface area (Å²) >= 11 is 0. The molecule has 1 N–H and O–H groups in total. The van der Waals surface area contributed by atoms with E-state index in [4.69, 9.17) is 4.98 Å². The Kier molecular flexibility index (Phi) is 5.60. The topological polar surface area (TPSA) is 64.6 Å². The van der Waals surface area contributed by atoms with E-state index >= 15 is 0 Å². The van der Waals surface area contributed by atoms with Crippen LogP contribution in [0.2, 0.25) is 0 Å². The Morgan fingerprint density at radius 1 is 1.04 bits per heavy atom. The second-order valence-electron chi connectivity index (χ2n) is 7.47. The molecule has 0 aliphatic carbocycles. The minimum absolute atomic E-state index is 0.00113. The molecule has 2 aromatic rings. The van der Waals surface area contributed by atoms with Crippen LogP contribution in [-0.4, -0.2) is 60.2 Å². The highest BCUT2D eigenvalue weighted by molar-refractivity contribution is 5.74. The lowest BCUT2D eigenvalue weighted by Crippen LogP contribution is -2.51. The molecule has 0 unspecified atom stereocenters. The minimum Gasteiger partial charge on any atom is -0.367 e. The number of piperazine rings is 1. The monoisotopic (exact) mass is 380 g/mol. The fourth-order valence-electron chi connectivity index (χ4n) is 3.90. The molecule has 0 bridgehead atoms. The van der Waals surface area contributed by atoms with Gasteiger partial charge in [0.15, 0.2) is 0 Å². The van der Waals surface area contributed by atoms with Gasteiger partial charge >= 0.3 is 6.03 Å². The normalized spacial score (nSPS) is 17.1. The molecule has 2 amide bonds. The molecular formula is C21H28N6O. The molecular weight excluding hydrogens is 352 g/mol. The number of nitrogens with one attached hydrogen (secondary N) is 1. The molecule has 2 aliphatic heterocycles. The second-order valence-corrected chi connectivity index (χ2v) is 7.47. The minimum atomic E-state index is -0.00113. The highest BCUT2D eigenvalue weighted by Crippen LogP contribution is 2.23. The molecule has 2 aliphatic rings. The number of pyridine rings is 2. The van der Waals surface area contributed by atoms with Crippen molar-refractivity contribution in [3.63, 3.8) is 0 Å². The van der Waals surface area contributed by atoms with Gasteiger partial charge in [0.05, 0.1) is 11.9 Å². The number of urea groups is 1. The predicted octanol–water partition coefficient (Wildman–Crippen LogP) is 2.42. The molecule has 4 heterocycles. The zero-order valence-electron chi connectivity index (χ0n) is 16.5. The Balaban J connectivity index is 1.33. The summed E-state index contributed by atoms with van der Waals surface area (Å²) in [6.45, 7) is 7.71. The van der Waals surface area contributed by atoms with Crippen molar-refractivity contribution < 1.29 is 4.79 Å². The van der Waals surface area contributed by atoms with Crippen LogP contribution in [0.15, 0.2) is 36.7 Å². The fourth-order valence-corrected chi connectivity index (χ4v) is 3.90. The third-order valence-electron chi connectivity index (χ3n) is 5.51. The van der Waals surface area contributed by atoms with Crippen molar-refractivity contribution in [2.75, 3.05) is 49.1 Å². The zero-order valence-corrected chi connectivity index (χ0v) is 16.5. The van der Waals surface area contributed by atoms with Crippen molar-refractivity contribution in [2.24, 2.45) is 0 Å². The summed E-state index contributed by atoms with van der Waals surface area (Å²) in [6.07, 6.45) is 6.08. The SMILES string of the molecule is Cc1ccc(CNC(=O)N2CCN(c3cccnc3)CC2)c(N2CCCC2)n1. The summed E-state index contributed by atoms with van der Waals surface area (Å²) in [5.74, 6) is 1.03. The fraction of sp³-hybridized carbons (Fsp3) is 0.476. The predicted molar refractivity (Wildman–Crippen MR) is 111 cm³/mol. The van der Waals surface area contributed by atoms with Crippen LogP contribution in [-0.2, 0) is 6.54 Å². The number of anilines is 2. The van der Waals surface area contributed by atoms with Gasteiger partial charge in [0.25, 0.3) is 0 Å². The Morgan fingerprint density at radius 3 is 2.54 bits per heavy atom. The van der Waals surface area contributed by atoms with E-state index in [1.54, 1.807) is 6.20 Å². The summed E-state index contributed by atoms with van der Waals surface area (Å²) < 4.78 is 0. The average Bonchev–Trinajstić information content (AvgIpc) is 3.28. The van der Waals surface area contributed by atoms with E-state index in [0.29, 0.717) is 19.6 Å². The first kappa shape index (κ1) is 18.5. The summed E-state index contributed by atoms with van der Waals surface area (Å²) in [5.41, 5.74) is 3.22. The maximum atomic E-state index is 12.7. The molecule has 0 radical (unpaired) electrons. The molecule has 0 atom stereocenters. The molecule has 2 aromatic heterocycles. The van der Waals surface area contributed by atoms with Crippen LogP contribution in [0.5, 0.6) is 0 Å².